The molecule has 2 aromatic carbocycles. The zero-order valence-corrected chi connectivity index (χ0v) is 23.1. The lowest BCUT2D eigenvalue weighted by molar-refractivity contribution is 0.0762. The third kappa shape index (κ3) is 9.20. The van der Waals surface area contributed by atoms with E-state index in [1.807, 2.05) is 36.4 Å². The number of benzene rings is 2. The molecule has 0 amide bonds. The van der Waals surface area contributed by atoms with Crippen LogP contribution in [0.25, 0.3) is 0 Å². The standard InChI is InChI=1S/C27H37O4PS2/c1-4-7-20-32(21-8-5-2,22-9-6-3)27(33-30-25(28)23-16-12-10-13-17-23)34-31-26(29)24-18-14-11-15-19-24/h10-19H,4-9,20-22H2,1-3H3. The van der Waals surface area contributed by atoms with Crippen LogP contribution in [-0.2, 0) is 8.37 Å². The predicted octanol–water partition coefficient (Wildman–Crippen LogP) is 8.50. The van der Waals surface area contributed by atoms with Gasteiger partial charge in [0.15, 0.2) is 0 Å². The molecule has 0 aliphatic heterocycles. The van der Waals surface area contributed by atoms with Crippen molar-refractivity contribution < 1.29 is 18.0 Å². The fourth-order valence-corrected chi connectivity index (χ4v) is 11.5. The molecule has 7 heteroatoms. The minimum absolute atomic E-state index is 0.377. The number of rotatable bonds is 15. The Bertz CT molecular complexity index is 846. The molecule has 2 aromatic rings. The van der Waals surface area contributed by atoms with Crippen LogP contribution in [0.2, 0.25) is 0 Å². The van der Waals surface area contributed by atoms with Crippen molar-refractivity contribution in [3.63, 3.8) is 0 Å². The summed E-state index contributed by atoms with van der Waals surface area (Å²) in [7, 11) is 0. The van der Waals surface area contributed by atoms with E-state index in [0.29, 0.717) is 11.1 Å². The third-order valence-corrected chi connectivity index (χ3v) is 13.8. The summed E-state index contributed by atoms with van der Waals surface area (Å²) >= 11 is 2.24. The smallest absolute Gasteiger partial charge is 0.350 e. The molecule has 186 valence electrons. The van der Waals surface area contributed by atoms with Crippen LogP contribution in [0.1, 0.15) is 80.0 Å². The Balaban J connectivity index is 2.37. The van der Waals surface area contributed by atoms with Crippen LogP contribution in [0.4, 0.5) is 0 Å². The highest BCUT2D eigenvalue weighted by molar-refractivity contribution is 8.43. The first-order valence-corrected chi connectivity index (χ1v) is 16.0. The third-order valence-electron chi connectivity index (χ3n) is 5.60. The molecule has 0 N–H and O–H groups in total. The summed E-state index contributed by atoms with van der Waals surface area (Å²) in [6, 6.07) is 18.0. The van der Waals surface area contributed by atoms with E-state index in [-0.39, 0.29) is 11.9 Å². The molecule has 0 heterocycles. The van der Waals surface area contributed by atoms with Gasteiger partial charge in [0.1, 0.15) is 28.0 Å². The van der Waals surface area contributed by atoms with Gasteiger partial charge in [-0.05, 0) is 62.0 Å². The minimum atomic E-state index is -1.66. The van der Waals surface area contributed by atoms with E-state index in [9.17, 15) is 9.59 Å². The van der Waals surface area contributed by atoms with Gasteiger partial charge in [0.05, 0.1) is 11.1 Å². The zero-order chi connectivity index (χ0) is 24.7. The molecule has 0 radical (unpaired) electrons. The van der Waals surface area contributed by atoms with E-state index in [1.165, 1.54) is 0 Å². The van der Waals surface area contributed by atoms with Gasteiger partial charge in [0.25, 0.3) is 0 Å². The topological polar surface area (TPSA) is 52.6 Å². The maximum atomic E-state index is 12.7. The molecule has 0 unspecified atom stereocenters. The van der Waals surface area contributed by atoms with Crippen LogP contribution in [-0.4, -0.2) is 34.4 Å². The molecule has 0 atom stereocenters. The number of carbonyl (C=O) groups excluding carboxylic acids is 2. The fourth-order valence-electron chi connectivity index (χ4n) is 3.56. The Labute approximate surface area is 214 Å². The van der Waals surface area contributed by atoms with Gasteiger partial charge in [-0.25, -0.2) is 9.59 Å². The summed E-state index contributed by atoms with van der Waals surface area (Å²) in [6.07, 6.45) is 9.93. The zero-order valence-electron chi connectivity index (χ0n) is 20.5. The lowest BCUT2D eigenvalue weighted by atomic mass is 10.2. The van der Waals surface area contributed by atoms with Gasteiger partial charge in [-0.1, -0.05) is 83.3 Å². The van der Waals surface area contributed by atoms with Crippen LogP contribution in [0.15, 0.2) is 60.7 Å². The first-order chi connectivity index (χ1) is 16.6. The van der Waals surface area contributed by atoms with Crippen LogP contribution < -0.4 is 0 Å². The van der Waals surface area contributed by atoms with E-state index in [1.54, 1.807) is 24.3 Å². The van der Waals surface area contributed by atoms with Gasteiger partial charge in [-0.2, -0.15) is 0 Å². The van der Waals surface area contributed by atoms with Gasteiger partial charge in [0.2, 0.25) is 0 Å². The molecule has 0 aromatic heterocycles. The Hall–Kier alpha value is -1.62. The molecular weight excluding hydrogens is 483 g/mol. The lowest BCUT2D eigenvalue weighted by Gasteiger charge is -2.29. The molecule has 0 fully saturated rings. The van der Waals surface area contributed by atoms with Gasteiger partial charge in [0, 0.05) is 0 Å². The maximum absolute atomic E-state index is 12.7. The molecule has 0 spiro atoms. The molecule has 0 bridgehead atoms. The Kier molecular flexibility index (Phi) is 13.6. The van der Waals surface area contributed by atoms with Gasteiger partial charge in [-0.3, -0.25) is 0 Å². The minimum Gasteiger partial charge on any atom is -0.382 e. The van der Waals surface area contributed by atoms with Crippen molar-refractivity contribution >= 4 is 46.9 Å². The highest BCUT2D eigenvalue weighted by Crippen LogP contribution is 2.56. The van der Waals surface area contributed by atoms with E-state index in [4.69, 9.17) is 8.37 Å². The van der Waals surface area contributed by atoms with Crippen molar-refractivity contribution in [2.45, 2.75) is 59.3 Å². The Morgan fingerprint density at radius 1 is 0.647 bits per heavy atom. The second-order valence-corrected chi connectivity index (χ2v) is 14.7. The Morgan fingerprint density at radius 2 is 1.00 bits per heavy atom. The van der Waals surface area contributed by atoms with Gasteiger partial charge in [-0.15, -0.1) is 0 Å². The predicted molar refractivity (Wildman–Crippen MR) is 150 cm³/mol. The van der Waals surface area contributed by atoms with Crippen LogP contribution in [0.5, 0.6) is 0 Å². The van der Waals surface area contributed by atoms with Crippen molar-refractivity contribution in [2.75, 3.05) is 18.5 Å². The van der Waals surface area contributed by atoms with Crippen LogP contribution in [0.3, 0.4) is 0 Å². The molecule has 0 aliphatic carbocycles. The van der Waals surface area contributed by atoms with E-state index < -0.39 is 6.89 Å². The fraction of sp³-hybridized carbons (Fsp3) is 0.444. The number of unbranched alkanes of at least 4 members (excludes halogenated alkanes) is 3. The monoisotopic (exact) mass is 520 g/mol. The first kappa shape index (κ1) is 28.6. The van der Waals surface area contributed by atoms with E-state index in [2.05, 4.69) is 20.8 Å². The highest BCUT2D eigenvalue weighted by Gasteiger charge is 2.27. The summed E-state index contributed by atoms with van der Waals surface area (Å²) < 4.78 is 12.4. The molecule has 4 nitrogen and oxygen atoms in total. The molecule has 34 heavy (non-hydrogen) atoms. The summed E-state index contributed by atoms with van der Waals surface area (Å²) in [5.41, 5.74) is 1.03. The summed E-state index contributed by atoms with van der Waals surface area (Å²) in [5, 5.41) is 0. The highest BCUT2D eigenvalue weighted by atomic mass is 32.2. The second-order valence-electron chi connectivity index (χ2n) is 8.28. The van der Waals surface area contributed by atoms with Crippen molar-refractivity contribution in [1.29, 1.82) is 0 Å². The van der Waals surface area contributed by atoms with Crippen molar-refractivity contribution in [2.24, 2.45) is 0 Å². The van der Waals surface area contributed by atoms with Crippen molar-refractivity contribution in [3.8, 4) is 0 Å². The quantitative estimate of drug-likeness (QED) is 0.173. The van der Waals surface area contributed by atoms with Crippen molar-refractivity contribution in [3.05, 3.63) is 71.8 Å². The molecule has 0 saturated heterocycles. The summed E-state index contributed by atoms with van der Waals surface area (Å²) in [5.74, 6) is -0.754. The summed E-state index contributed by atoms with van der Waals surface area (Å²) in [6.45, 7) is 4.96. The van der Waals surface area contributed by atoms with E-state index >= 15 is 0 Å². The molecule has 2 rings (SSSR count). The van der Waals surface area contributed by atoms with E-state index in [0.717, 1.165) is 85.1 Å². The van der Waals surface area contributed by atoms with Crippen LogP contribution >= 0.6 is 31.0 Å². The first-order valence-electron chi connectivity index (χ1n) is 12.2. The SMILES string of the molecule is CCCCP(CCCC)(CCCC)=C(SOC(=O)c1ccccc1)SOC(=O)c1ccccc1. The molecule has 0 saturated carbocycles. The largest absolute Gasteiger partial charge is 0.382 e. The van der Waals surface area contributed by atoms with Crippen LogP contribution in [0, 0.1) is 0 Å². The Morgan fingerprint density at radius 3 is 1.32 bits per heavy atom. The average Bonchev–Trinajstić information content (AvgIpc) is 2.89. The molecular formula is C27H37O4PS2. The number of hydrogen-bond donors (Lipinski definition) is 0. The summed E-state index contributed by atoms with van der Waals surface area (Å²) in [4.78, 5) is 25.4. The number of carbonyl (C=O) groups is 2. The van der Waals surface area contributed by atoms with Gasteiger partial charge >= 0.3 is 11.9 Å². The van der Waals surface area contributed by atoms with Crippen molar-refractivity contribution in [1.82, 2.24) is 0 Å². The maximum Gasteiger partial charge on any atom is 0.350 e. The second kappa shape index (κ2) is 16.1. The molecule has 0 aliphatic rings. The normalized spacial score (nSPS) is 11.1. The lowest BCUT2D eigenvalue weighted by Crippen LogP contribution is -2.11. The van der Waals surface area contributed by atoms with Gasteiger partial charge < -0.3 is 8.37 Å². The average molecular weight is 521 g/mol. The number of hydrogen-bond acceptors (Lipinski definition) is 6.